The first-order chi connectivity index (χ1) is 15.9. The van der Waals surface area contributed by atoms with Crippen molar-refractivity contribution in [3.8, 4) is 0 Å². The molecular weight excluding hydrogens is 484 g/mol. The van der Waals surface area contributed by atoms with E-state index in [4.69, 9.17) is 0 Å². The molecular formula is C25H23BrN4O3. The first kappa shape index (κ1) is 22.5. The third-order valence-corrected chi connectivity index (χ3v) is 5.77. The molecule has 0 saturated heterocycles. The zero-order chi connectivity index (χ0) is 23.4. The van der Waals surface area contributed by atoms with E-state index in [-0.39, 0.29) is 30.7 Å². The summed E-state index contributed by atoms with van der Waals surface area (Å²) < 4.78 is 0.901. The molecule has 3 amide bonds. The first-order valence-corrected chi connectivity index (χ1v) is 11.3. The second kappa shape index (κ2) is 9.87. The SMILES string of the molecule is Cc1ccc(NC(=O)CC2Nc3ccccc3N(CC(=O)Nc3ccc(Br)cc3)C2=O)cc1. The number of halogens is 1. The molecule has 8 heteroatoms. The van der Waals surface area contributed by atoms with Crippen LogP contribution in [0.15, 0.2) is 77.3 Å². The highest BCUT2D eigenvalue weighted by Gasteiger charge is 2.34. The molecule has 3 aromatic rings. The van der Waals surface area contributed by atoms with Crippen molar-refractivity contribution >= 4 is 56.4 Å². The van der Waals surface area contributed by atoms with Crippen LogP contribution in [0.1, 0.15) is 12.0 Å². The van der Waals surface area contributed by atoms with Gasteiger partial charge in [-0.15, -0.1) is 0 Å². The van der Waals surface area contributed by atoms with Crippen LogP contribution in [0.25, 0.3) is 0 Å². The van der Waals surface area contributed by atoms with Gasteiger partial charge in [0.2, 0.25) is 11.8 Å². The third-order valence-electron chi connectivity index (χ3n) is 5.24. The Kier molecular flexibility index (Phi) is 6.74. The summed E-state index contributed by atoms with van der Waals surface area (Å²) in [6, 6.07) is 21.1. The minimum absolute atomic E-state index is 0.0636. The molecule has 1 unspecified atom stereocenters. The van der Waals surface area contributed by atoms with Crippen molar-refractivity contribution in [2.45, 2.75) is 19.4 Å². The van der Waals surface area contributed by atoms with Crippen molar-refractivity contribution in [2.24, 2.45) is 0 Å². The van der Waals surface area contributed by atoms with E-state index in [2.05, 4.69) is 31.9 Å². The van der Waals surface area contributed by atoms with E-state index in [1.54, 1.807) is 24.3 Å². The van der Waals surface area contributed by atoms with E-state index in [0.29, 0.717) is 22.7 Å². The molecule has 0 aromatic heterocycles. The van der Waals surface area contributed by atoms with Crippen LogP contribution in [0.4, 0.5) is 22.7 Å². The molecule has 168 valence electrons. The topological polar surface area (TPSA) is 90.5 Å². The van der Waals surface area contributed by atoms with Crippen LogP contribution in [-0.4, -0.2) is 30.3 Å². The quantitative estimate of drug-likeness (QED) is 0.457. The van der Waals surface area contributed by atoms with E-state index < -0.39 is 6.04 Å². The normalized spacial score (nSPS) is 14.8. The van der Waals surface area contributed by atoms with Crippen molar-refractivity contribution in [1.82, 2.24) is 0 Å². The van der Waals surface area contributed by atoms with Gasteiger partial charge in [-0.2, -0.15) is 0 Å². The van der Waals surface area contributed by atoms with Gasteiger partial charge in [-0.25, -0.2) is 0 Å². The van der Waals surface area contributed by atoms with Crippen molar-refractivity contribution in [1.29, 1.82) is 0 Å². The fourth-order valence-electron chi connectivity index (χ4n) is 3.60. The Labute approximate surface area is 200 Å². The molecule has 1 heterocycles. The van der Waals surface area contributed by atoms with Gasteiger partial charge in [0, 0.05) is 15.8 Å². The number of nitrogens with one attached hydrogen (secondary N) is 3. The van der Waals surface area contributed by atoms with Crippen LogP contribution < -0.4 is 20.9 Å². The molecule has 0 saturated carbocycles. The number of amides is 3. The van der Waals surface area contributed by atoms with Gasteiger partial charge in [0.05, 0.1) is 17.8 Å². The fourth-order valence-corrected chi connectivity index (χ4v) is 3.86. The lowest BCUT2D eigenvalue weighted by molar-refractivity contribution is -0.124. The van der Waals surface area contributed by atoms with Crippen LogP contribution >= 0.6 is 15.9 Å². The molecule has 7 nitrogen and oxygen atoms in total. The van der Waals surface area contributed by atoms with E-state index in [0.717, 1.165) is 10.0 Å². The smallest absolute Gasteiger partial charge is 0.250 e. The van der Waals surface area contributed by atoms with Gasteiger partial charge in [0.15, 0.2) is 0 Å². The summed E-state index contributed by atoms with van der Waals surface area (Å²) in [6.07, 6.45) is -0.0636. The predicted molar refractivity (Wildman–Crippen MR) is 133 cm³/mol. The second-order valence-electron chi connectivity index (χ2n) is 7.81. The maximum atomic E-state index is 13.3. The Bertz CT molecular complexity index is 1180. The van der Waals surface area contributed by atoms with Crippen LogP contribution in [0.5, 0.6) is 0 Å². The third kappa shape index (κ3) is 5.59. The van der Waals surface area contributed by atoms with Crippen LogP contribution in [0.3, 0.4) is 0 Å². The Hall–Kier alpha value is -3.65. The number of carbonyl (C=O) groups excluding carboxylic acids is 3. The molecule has 3 aromatic carbocycles. The molecule has 3 N–H and O–H groups in total. The lowest BCUT2D eigenvalue weighted by Gasteiger charge is -2.34. The average Bonchev–Trinajstić information content (AvgIpc) is 2.79. The van der Waals surface area contributed by atoms with Gasteiger partial charge >= 0.3 is 0 Å². The highest BCUT2D eigenvalue weighted by atomic mass is 79.9. The van der Waals surface area contributed by atoms with Crippen LogP contribution in [0.2, 0.25) is 0 Å². The van der Waals surface area contributed by atoms with Gasteiger partial charge in [-0.05, 0) is 55.5 Å². The molecule has 0 fully saturated rings. The molecule has 1 aliphatic rings. The molecule has 4 rings (SSSR count). The molecule has 33 heavy (non-hydrogen) atoms. The van der Waals surface area contributed by atoms with Crippen molar-refractivity contribution < 1.29 is 14.4 Å². The number of nitrogens with zero attached hydrogens (tertiary/aromatic N) is 1. The minimum Gasteiger partial charge on any atom is -0.372 e. The number of fused-ring (bicyclic) bond motifs is 1. The lowest BCUT2D eigenvalue weighted by Crippen LogP contribution is -2.50. The minimum atomic E-state index is -0.786. The number of para-hydroxylation sites is 2. The Morgan fingerprint density at radius 1 is 0.909 bits per heavy atom. The van der Waals surface area contributed by atoms with Crippen LogP contribution in [0, 0.1) is 6.92 Å². The molecule has 0 aliphatic carbocycles. The number of rotatable bonds is 6. The summed E-state index contributed by atoms with van der Waals surface area (Å²) in [6.45, 7) is 1.80. The summed E-state index contributed by atoms with van der Waals surface area (Å²) in [5, 5.41) is 8.77. The Balaban J connectivity index is 1.47. The number of aryl methyl sites for hydroxylation is 1. The van der Waals surface area contributed by atoms with E-state index in [1.807, 2.05) is 55.5 Å². The van der Waals surface area contributed by atoms with Crippen molar-refractivity contribution in [3.63, 3.8) is 0 Å². The highest BCUT2D eigenvalue weighted by molar-refractivity contribution is 9.10. The second-order valence-corrected chi connectivity index (χ2v) is 8.73. The summed E-state index contributed by atoms with van der Waals surface area (Å²) in [5.74, 6) is -0.952. The van der Waals surface area contributed by atoms with Gasteiger partial charge in [-0.3, -0.25) is 19.3 Å². The number of hydrogen-bond acceptors (Lipinski definition) is 4. The maximum absolute atomic E-state index is 13.3. The predicted octanol–water partition coefficient (Wildman–Crippen LogP) is 4.55. The van der Waals surface area contributed by atoms with Gasteiger partial charge < -0.3 is 16.0 Å². The Morgan fingerprint density at radius 3 is 2.21 bits per heavy atom. The number of carbonyl (C=O) groups is 3. The van der Waals surface area contributed by atoms with E-state index in [1.165, 1.54) is 4.90 Å². The monoisotopic (exact) mass is 506 g/mol. The van der Waals surface area contributed by atoms with Crippen LogP contribution in [-0.2, 0) is 14.4 Å². The maximum Gasteiger partial charge on any atom is 0.250 e. The first-order valence-electron chi connectivity index (χ1n) is 10.5. The molecule has 0 spiro atoms. The van der Waals surface area contributed by atoms with E-state index in [9.17, 15) is 14.4 Å². The Morgan fingerprint density at radius 2 is 1.52 bits per heavy atom. The van der Waals surface area contributed by atoms with Crippen molar-refractivity contribution in [3.05, 3.63) is 82.8 Å². The lowest BCUT2D eigenvalue weighted by atomic mass is 10.1. The number of hydrogen-bond donors (Lipinski definition) is 3. The molecule has 0 bridgehead atoms. The summed E-state index contributed by atoms with van der Waals surface area (Å²) in [5.41, 5.74) is 3.68. The number of anilines is 4. The molecule has 0 radical (unpaired) electrons. The standard InChI is InChI=1S/C25H23BrN4O3/c1-16-6-10-18(11-7-16)27-23(31)14-21-25(33)30(22-5-3-2-4-20(22)29-21)15-24(32)28-19-12-8-17(26)9-13-19/h2-13,21,29H,14-15H2,1H3,(H,27,31)(H,28,32). The largest absolute Gasteiger partial charge is 0.372 e. The van der Waals surface area contributed by atoms with Gasteiger partial charge in [0.1, 0.15) is 12.6 Å². The number of benzene rings is 3. The summed E-state index contributed by atoms with van der Waals surface area (Å²) in [4.78, 5) is 40.0. The van der Waals surface area contributed by atoms with Gasteiger partial charge in [0.25, 0.3) is 5.91 Å². The zero-order valence-electron chi connectivity index (χ0n) is 18.0. The zero-order valence-corrected chi connectivity index (χ0v) is 19.6. The fraction of sp³-hybridized carbons (Fsp3) is 0.160. The van der Waals surface area contributed by atoms with Crippen molar-refractivity contribution in [2.75, 3.05) is 27.4 Å². The summed E-state index contributed by atoms with van der Waals surface area (Å²) >= 11 is 3.36. The van der Waals surface area contributed by atoms with Gasteiger partial charge in [-0.1, -0.05) is 45.8 Å². The molecule has 1 aliphatic heterocycles. The highest BCUT2D eigenvalue weighted by Crippen LogP contribution is 2.32. The average molecular weight is 507 g/mol. The van der Waals surface area contributed by atoms with E-state index >= 15 is 0 Å². The summed E-state index contributed by atoms with van der Waals surface area (Å²) in [7, 11) is 0. The molecule has 1 atom stereocenters.